The first-order valence-corrected chi connectivity index (χ1v) is 9.93. The van der Waals surface area contributed by atoms with Crippen LogP contribution in [0.4, 0.5) is 5.69 Å². The third kappa shape index (κ3) is 6.05. The number of unbranched alkanes of at least 4 members (excludes halogenated alkanes) is 1. The molecular formula is C21H32N4O3. The minimum absolute atomic E-state index is 0.0227. The molecule has 1 heterocycles. The Balaban J connectivity index is 2.03. The number of hydrogen-bond donors (Lipinski definition) is 2. The SMILES string of the molecule is CCCCC(NC(=O)c1cccc(NC(=O)C2CCN(C)C2)c1)C(=O)N(C)C. The van der Waals surface area contributed by atoms with Gasteiger partial charge in [-0.05, 0) is 44.6 Å². The molecule has 28 heavy (non-hydrogen) atoms. The summed E-state index contributed by atoms with van der Waals surface area (Å²) in [6, 6.07) is 6.30. The topological polar surface area (TPSA) is 81.8 Å². The van der Waals surface area contributed by atoms with E-state index in [2.05, 4.69) is 15.5 Å². The van der Waals surface area contributed by atoms with Gasteiger partial charge in [-0.15, -0.1) is 0 Å². The Hall–Kier alpha value is -2.41. The molecule has 1 aliphatic rings. The van der Waals surface area contributed by atoms with Crippen LogP contribution in [0.1, 0.15) is 43.0 Å². The van der Waals surface area contributed by atoms with Gasteiger partial charge in [-0.2, -0.15) is 0 Å². The molecule has 0 aliphatic carbocycles. The van der Waals surface area contributed by atoms with Gasteiger partial charge < -0.3 is 20.4 Å². The summed E-state index contributed by atoms with van der Waals surface area (Å²) in [5.74, 6) is -0.478. The van der Waals surface area contributed by atoms with Crippen LogP contribution < -0.4 is 10.6 Å². The fraction of sp³-hybridized carbons (Fsp3) is 0.571. The van der Waals surface area contributed by atoms with E-state index in [1.165, 1.54) is 4.90 Å². The Morgan fingerprint density at radius 3 is 2.64 bits per heavy atom. The van der Waals surface area contributed by atoms with Crippen LogP contribution in [0, 0.1) is 5.92 Å². The highest BCUT2D eigenvalue weighted by molar-refractivity contribution is 5.99. The number of likely N-dealkylation sites (N-methyl/N-ethyl adjacent to an activating group) is 1. The van der Waals surface area contributed by atoms with Gasteiger partial charge in [0, 0.05) is 31.9 Å². The van der Waals surface area contributed by atoms with Gasteiger partial charge in [-0.3, -0.25) is 14.4 Å². The number of anilines is 1. The molecule has 1 saturated heterocycles. The number of carbonyl (C=O) groups is 3. The molecule has 0 aromatic heterocycles. The standard InChI is InChI=1S/C21H32N4O3/c1-5-6-10-18(21(28)24(2)3)23-19(26)15-8-7-9-17(13-15)22-20(27)16-11-12-25(4)14-16/h7-9,13,16,18H,5-6,10-12,14H2,1-4H3,(H,22,27)(H,23,26). The molecule has 7 heteroatoms. The summed E-state index contributed by atoms with van der Waals surface area (Å²) < 4.78 is 0. The van der Waals surface area contributed by atoms with E-state index >= 15 is 0 Å². The van der Waals surface area contributed by atoms with Crippen LogP contribution in [0.2, 0.25) is 0 Å². The molecule has 7 nitrogen and oxygen atoms in total. The van der Waals surface area contributed by atoms with Crippen LogP contribution in [-0.2, 0) is 9.59 Å². The van der Waals surface area contributed by atoms with E-state index in [4.69, 9.17) is 0 Å². The minimum Gasteiger partial charge on any atom is -0.347 e. The maximum Gasteiger partial charge on any atom is 0.252 e. The number of carbonyl (C=O) groups excluding carboxylic acids is 3. The highest BCUT2D eigenvalue weighted by Crippen LogP contribution is 2.18. The maximum absolute atomic E-state index is 12.7. The highest BCUT2D eigenvalue weighted by Gasteiger charge is 2.26. The fourth-order valence-corrected chi connectivity index (χ4v) is 3.35. The molecule has 2 unspecified atom stereocenters. The molecule has 1 aliphatic heterocycles. The lowest BCUT2D eigenvalue weighted by Crippen LogP contribution is -2.46. The van der Waals surface area contributed by atoms with Crippen molar-refractivity contribution in [1.82, 2.24) is 15.1 Å². The number of benzene rings is 1. The number of nitrogens with one attached hydrogen (secondary N) is 2. The number of amides is 3. The Morgan fingerprint density at radius 1 is 1.29 bits per heavy atom. The summed E-state index contributed by atoms with van der Waals surface area (Å²) >= 11 is 0. The van der Waals surface area contributed by atoms with Gasteiger partial charge in [-0.25, -0.2) is 0 Å². The molecular weight excluding hydrogens is 356 g/mol. The lowest BCUT2D eigenvalue weighted by atomic mass is 10.1. The van der Waals surface area contributed by atoms with Crippen LogP contribution in [0.5, 0.6) is 0 Å². The van der Waals surface area contributed by atoms with E-state index in [9.17, 15) is 14.4 Å². The molecule has 0 bridgehead atoms. The Labute approximate surface area is 167 Å². The first-order chi connectivity index (χ1) is 13.3. The molecule has 2 rings (SSSR count). The zero-order valence-electron chi connectivity index (χ0n) is 17.3. The molecule has 3 amide bonds. The Kier molecular flexibility index (Phi) is 7.99. The molecule has 1 aromatic carbocycles. The van der Waals surface area contributed by atoms with Gasteiger partial charge in [0.25, 0.3) is 5.91 Å². The normalized spacial score (nSPS) is 17.8. The summed E-state index contributed by atoms with van der Waals surface area (Å²) in [6.07, 6.45) is 3.25. The zero-order valence-corrected chi connectivity index (χ0v) is 17.3. The fourth-order valence-electron chi connectivity index (χ4n) is 3.35. The van der Waals surface area contributed by atoms with Crippen molar-refractivity contribution in [3.05, 3.63) is 29.8 Å². The minimum atomic E-state index is -0.547. The van der Waals surface area contributed by atoms with Crippen molar-refractivity contribution >= 4 is 23.4 Å². The van der Waals surface area contributed by atoms with Crippen LogP contribution in [0.15, 0.2) is 24.3 Å². The van der Waals surface area contributed by atoms with E-state index in [-0.39, 0.29) is 23.6 Å². The average Bonchev–Trinajstić information content (AvgIpc) is 3.11. The lowest BCUT2D eigenvalue weighted by molar-refractivity contribution is -0.130. The molecule has 1 fully saturated rings. The number of likely N-dealkylation sites (tertiary alicyclic amines) is 1. The summed E-state index contributed by atoms with van der Waals surface area (Å²) in [5, 5.41) is 5.75. The van der Waals surface area contributed by atoms with E-state index in [0.717, 1.165) is 32.4 Å². The van der Waals surface area contributed by atoms with Crippen LogP contribution >= 0.6 is 0 Å². The monoisotopic (exact) mass is 388 g/mol. The second-order valence-electron chi connectivity index (χ2n) is 7.72. The van der Waals surface area contributed by atoms with E-state index < -0.39 is 6.04 Å². The zero-order chi connectivity index (χ0) is 20.7. The largest absolute Gasteiger partial charge is 0.347 e. The molecule has 1 aromatic rings. The summed E-state index contributed by atoms with van der Waals surface area (Å²) in [6.45, 7) is 3.71. The Morgan fingerprint density at radius 2 is 2.04 bits per heavy atom. The van der Waals surface area contributed by atoms with Crippen molar-refractivity contribution in [2.24, 2.45) is 5.92 Å². The van der Waals surface area contributed by atoms with Gasteiger partial charge in [0.15, 0.2) is 0 Å². The van der Waals surface area contributed by atoms with Crippen LogP contribution in [0.25, 0.3) is 0 Å². The molecule has 2 atom stereocenters. The van der Waals surface area contributed by atoms with Gasteiger partial charge in [0.2, 0.25) is 11.8 Å². The summed E-state index contributed by atoms with van der Waals surface area (Å²) in [5.41, 5.74) is 1.02. The van der Waals surface area contributed by atoms with Crippen molar-refractivity contribution in [3.63, 3.8) is 0 Å². The molecule has 0 saturated carbocycles. The smallest absolute Gasteiger partial charge is 0.252 e. The third-order valence-electron chi connectivity index (χ3n) is 5.04. The van der Waals surface area contributed by atoms with E-state index in [1.54, 1.807) is 38.4 Å². The van der Waals surface area contributed by atoms with Crippen molar-refractivity contribution in [3.8, 4) is 0 Å². The Bertz CT molecular complexity index is 705. The second-order valence-corrected chi connectivity index (χ2v) is 7.72. The number of rotatable bonds is 8. The van der Waals surface area contributed by atoms with Gasteiger partial charge in [-0.1, -0.05) is 25.8 Å². The van der Waals surface area contributed by atoms with Crippen LogP contribution in [0.3, 0.4) is 0 Å². The highest BCUT2D eigenvalue weighted by atomic mass is 16.2. The van der Waals surface area contributed by atoms with Gasteiger partial charge in [0.1, 0.15) is 6.04 Å². The summed E-state index contributed by atoms with van der Waals surface area (Å²) in [7, 11) is 5.37. The van der Waals surface area contributed by atoms with E-state index in [1.807, 2.05) is 14.0 Å². The maximum atomic E-state index is 12.7. The molecule has 0 spiro atoms. The lowest BCUT2D eigenvalue weighted by Gasteiger charge is -2.21. The average molecular weight is 389 g/mol. The predicted octanol–water partition coefficient (Wildman–Crippen LogP) is 1.95. The molecule has 154 valence electrons. The summed E-state index contributed by atoms with van der Waals surface area (Å²) in [4.78, 5) is 41.1. The first-order valence-electron chi connectivity index (χ1n) is 9.93. The van der Waals surface area contributed by atoms with Crippen molar-refractivity contribution in [2.75, 3.05) is 39.5 Å². The van der Waals surface area contributed by atoms with Crippen molar-refractivity contribution in [2.45, 2.75) is 38.6 Å². The van der Waals surface area contributed by atoms with E-state index in [0.29, 0.717) is 17.7 Å². The molecule has 2 N–H and O–H groups in total. The second kappa shape index (κ2) is 10.2. The molecule has 0 radical (unpaired) electrons. The van der Waals surface area contributed by atoms with Crippen molar-refractivity contribution < 1.29 is 14.4 Å². The van der Waals surface area contributed by atoms with Gasteiger partial charge >= 0.3 is 0 Å². The third-order valence-corrected chi connectivity index (χ3v) is 5.04. The van der Waals surface area contributed by atoms with Crippen molar-refractivity contribution in [1.29, 1.82) is 0 Å². The number of nitrogens with zero attached hydrogens (tertiary/aromatic N) is 2. The van der Waals surface area contributed by atoms with Crippen LogP contribution in [-0.4, -0.2) is 67.8 Å². The quantitative estimate of drug-likeness (QED) is 0.713. The van der Waals surface area contributed by atoms with Gasteiger partial charge in [0.05, 0.1) is 5.92 Å². The number of hydrogen-bond acceptors (Lipinski definition) is 4. The predicted molar refractivity (Wildman–Crippen MR) is 110 cm³/mol. The first kappa shape index (κ1) is 21.9.